The molecule has 2 aliphatic rings. The van der Waals surface area contributed by atoms with Crippen molar-refractivity contribution in [2.24, 2.45) is 5.92 Å². The van der Waals surface area contributed by atoms with Gasteiger partial charge in [-0.2, -0.15) is 0 Å². The Morgan fingerprint density at radius 1 is 1.30 bits per heavy atom. The molecule has 0 aromatic heterocycles. The Labute approximate surface area is 124 Å². The zero-order chi connectivity index (χ0) is 14.4. The lowest BCUT2D eigenvalue weighted by Crippen LogP contribution is -2.50. The van der Waals surface area contributed by atoms with Crippen molar-refractivity contribution < 1.29 is 4.74 Å². The zero-order valence-corrected chi connectivity index (χ0v) is 13.6. The van der Waals surface area contributed by atoms with Crippen LogP contribution in [0.25, 0.3) is 0 Å². The maximum absolute atomic E-state index is 5.60. The van der Waals surface area contributed by atoms with Crippen molar-refractivity contribution in [2.75, 3.05) is 53.0 Å². The zero-order valence-electron chi connectivity index (χ0n) is 13.6. The van der Waals surface area contributed by atoms with Gasteiger partial charge in [-0.1, -0.05) is 13.8 Å². The van der Waals surface area contributed by atoms with Crippen molar-refractivity contribution in [3.63, 3.8) is 0 Å². The maximum atomic E-state index is 5.60. The van der Waals surface area contributed by atoms with Crippen molar-refractivity contribution in [3.8, 4) is 0 Å². The molecule has 0 aliphatic carbocycles. The Morgan fingerprint density at radius 3 is 2.80 bits per heavy atom. The predicted octanol–water partition coefficient (Wildman–Crippen LogP) is 1.42. The Kier molecular flexibility index (Phi) is 6.75. The molecular weight excluding hydrogens is 250 g/mol. The molecule has 3 atom stereocenters. The molecule has 0 saturated carbocycles. The summed E-state index contributed by atoms with van der Waals surface area (Å²) in [4.78, 5) is 5.23. The summed E-state index contributed by atoms with van der Waals surface area (Å²) in [6.45, 7) is 12.4. The predicted molar refractivity (Wildman–Crippen MR) is 84.2 cm³/mol. The minimum Gasteiger partial charge on any atom is -0.381 e. The van der Waals surface area contributed by atoms with Crippen LogP contribution in [0.1, 0.15) is 33.1 Å². The lowest BCUT2D eigenvalue weighted by Gasteiger charge is -2.35. The molecule has 0 aromatic rings. The molecule has 20 heavy (non-hydrogen) atoms. The van der Waals surface area contributed by atoms with Crippen molar-refractivity contribution in [1.82, 2.24) is 15.1 Å². The van der Waals surface area contributed by atoms with E-state index in [4.69, 9.17) is 4.74 Å². The Balaban J connectivity index is 1.95. The van der Waals surface area contributed by atoms with Crippen molar-refractivity contribution in [1.29, 1.82) is 0 Å². The Hall–Kier alpha value is -0.160. The SMILES string of the molecule is CCNC(CN1CCCN(C)CC1CC)C1CCOC1. The van der Waals surface area contributed by atoms with Gasteiger partial charge < -0.3 is 15.0 Å². The number of rotatable bonds is 6. The molecule has 0 aromatic carbocycles. The summed E-state index contributed by atoms with van der Waals surface area (Å²) < 4.78 is 5.60. The number of nitrogens with one attached hydrogen (secondary N) is 1. The maximum Gasteiger partial charge on any atom is 0.0510 e. The largest absolute Gasteiger partial charge is 0.381 e. The Morgan fingerprint density at radius 2 is 2.15 bits per heavy atom. The van der Waals surface area contributed by atoms with E-state index in [0.717, 1.165) is 19.8 Å². The molecular formula is C16H33N3O. The van der Waals surface area contributed by atoms with Crippen LogP contribution in [-0.4, -0.2) is 74.9 Å². The molecule has 2 rings (SSSR count). The van der Waals surface area contributed by atoms with Crippen LogP contribution in [0.4, 0.5) is 0 Å². The molecule has 2 aliphatic heterocycles. The first-order chi connectivity index (χ1) is 9.74. The number of hydrogen-bond acceptors (Lipinski definition) is 4. The number of likely N-dealkylation sites (N-methyl/N-ethyl adjacent to an activating group) is 2. The van der Waals surface area contributed by atoms with Crippen LogP contribution < -0.4 is 5.32 Å². The summed E-state index contributed by atoms with van der Waals surface area (Å²) in [6.07, 6.45) is 3.78. The average molecular weight is 283 g/mol. The molecule has 0 spiro atoms. The van der Waals surface area contributed by atoms with Crippen LogP contribution in [0.5, 0.6) is 0 Å². The monoisotopic (exact) mass is 283 g/mol. The van der Waals surface area contributed by atoms with Crippen molar-refractivity contribution in [3.05, 3.63) is 0 Å². The number of nitrogens with zero attached hydrogens (tertiary/aromatic N) is 2. The number of hydrogen-bond donors (Lipinski definition) is 1. The van der Waals surface area contributed by atoms with Crippen molar-refractivity contribution in [2.45, 2.75) is 45.2 Å². The van der Waals surface area contributed by atoms with E-state index in [1.165, 1.54) is 45.4 Å². The van der Waals surface area contributed by atoms with Crippen LogP contribution in [0, 0.1) is 5.92 Å². The van der Waals surface area contributed by atoms with Gasteiger partial charge >= 0.3 is 0 Å². The van der Waals surface area contributed by atoms with Gasteiger partial charge in [0.1, 0.15) is 0 Å². The minimum atomic E-state index is 0.597. The highest BCUT2D eigenvalue weighted by molar-refractivity contribution is 4.86. The third-order valence-corrected chi connectivity index (χ3v) is 4.93. The molecule has 1 N–H and O–H groups in total. The fourth-order valence-electron chi connectivity index (χ4n) is 3.69. The van der Waals surface area contributed by atoms with Gasteiger partial charge in [0, 0.05) is 37.7 Å². The smallest absolute Gasteiger partial charge is 0.0510 e. The van der Waals surface area contributed by atoms with Crippen LogP contribution in [0.2, 0.25) is 0 Å². The molecule has 0 bridgehead atoms. The first-order valence-corrected chi connectivity index (χ1v) is 8.48. The highest BCUT2D eigenvalue weighted by Crippen LogP contribution is 2.20. The molecule has 2 saturated heterocycles. The average Bonchev–Trinajstić information content (AvgIpc) is 2.91. The fraction of sp³-hybridized carbons (Fsp3) is 1.00. The van der Waals surface area contributed by atoms with Gasteiger partial charge in [0.2, 0.25) is 0 Å². The first-order valence-electron chi connectivity index (χ1n) is 8.48. The first kappa shape index (κ1) is 16.2. The van der Waals surface area contributed by atoms with E-state index in [2.05, 4.69) is 36.0 Å². The Bertz CT molecular complexity index is 268. The van der Waals surface area contributed by atoms with Crippen molar-refractivity contribution >= 4 is 0 Å². The normalized spacial score (nSPS) is 31.4. The second kappa shape index (κ2) is 8.32. The highest BCUT2D eigenvalue weighted by atomic mass is 16.5. The summed E-state index contributed by atoms with van der Waals surface area (Å²) in [5.41, 5.74) is 0. The fourth-order valence-corrected chi connectivity index (χ4v) is 3.69. The van der Waals surface area contributed by atoms with Gasteiger partial charge in [-0.3, -0.25) is 4.90 Å². The molecule has 0 radical (unpaired) electrons. The van der Waals surface area contributed by atoms with E-state index in [-0.39, 0.29) is 0 Å². The van der Waals surface area contributed by atoms with Gasteiger partial charge in [-0.25, -0.2) is 0 Å². The highest BCUT2D eigenvalue weighted by Gasteiger charge is 2.30. The molecule has 4 nitrogen and oxygen atoms in total. The molecule has 3 unspecified atom stereocenters. The van der Waals surface area contributed by atoms with Gasteiger partial charge in [-0.15, -0.1) is 0 Å². The van der Waals surface area contributed by atoms with Crippen LogP contribution in [-0.2, 0) is 4.74 Å². The van der Waals surface area contributed by atoms with Gasteiger partial charge in [-0.05, 0) is 45.9 Å². The lowest BCUT2D eigenvalue weighted by molar-refractivity contribution is 0.135. The van der Waals surface area contributed by atoms with E-state index in [1.54, 1.807) is 0 Å². The summed E-state index contributed by atoms with van der Waals surface area (Å²) in [7, 11) is 2.26. The second-order valence-electron chi connectivity index (χ2n) is 6.46. The molecule has 2 fully saturated rings. The van der Waals surface area contributed by atoms with Gasteiger partial charge in [0.15, 0.2) is 0 Å². The van der Waals surface area contributed by atoms with E-state index in [0.29, 0.717) is 18.0 Å². The minimum absolute atomic E-state index is 0.597. The third kappa shape index (κ3) is 4.42. The van der Waals surface area contributed by atoms with Gasteiger partial charge in [0.05, 0.1) is 6.61 Å². The topological polar surface area (TPSA) is 27.7 Å². The van der Waals surface area contributed by atoms with Gasteiger partial charge in [0.25, 0.3) is 0 Å². The molecule has 0 amide bonds. The van der Waals surface area contributed by atoms with Crippen LogP contribution in [0.15, 0.2) is 0 Å². The van der Waals surface area contributed by atoms with Crippen LogP contribution >= 0.6 is 0 Å². The molecule has 118 valence electrons. The summed E-state index contributed by atoms with van der Waals surface area (Å²) in [5, 5.41) is 3.71. The number of ether oxygens (including phenoxy) is 1. The summed E-state index contributed by atoms with van der Waals surface area (Å²) in [5.74, 6) is 0.702. The second-order valence-corrected chi connectivity index (χ2v) is 6.46. The summed E-state index contributed by atoms with van der Waals surface area (Å²) in [6, 6.07) is 1.31. The summed E-state index contributed by atoms with van der Waals surface area (Å²) >= 11 is 0. The van der Waals surface area contributed by atoms with E-state index >= 15 is 0 Å². The van der Waals surface area contributed by atoms with Crippen LogP contribution in [0.3, 0.4) is 0 Å². The quantitative estimate of drug-likeness (QED) is 0.798. The standard InChI is InChI=1S/C16H33N3O/c1-4-15-11-18(3)8-6-9-19(15)12-16(17-5-2)14-7-10-20-13-14/h14-17H,4-13H2,1-3H3. The van der Waals surface area contributed by atoms with E-state index in [9.17, 15) is 0 Å². The third-order valence-electron chi connectivity index (χ3n) is 4.93. The van der Waals surface area contributed by atoms with E-state index < -0.39 is 0 Å². The molecule has 2 heterocycles. The van der Waals surface area contributed by atoms with E-state index in [1.807, 2.05) is 0 Å². The lowest BCUT2D eigenvalue weighted by atomic mass is 9.97. The molecule has 4 heteroatoms.